The van der Waals surface area contributed by atoms with Gasteiger partial charge >= 0.3 is 0 Å². The minimum absolute atomic E-state index is 0.578. The van der Waals surface area contributed by atoms with Gasteiger partial charge in [-0.2, -0.15) is 5.26 Å². The molecule has 434 valence electrons. The zero-order valence-electron chi connectivity index (χ0n) is 50.6. The van der Waals surface area contributed by atoms with Gasteiger partial charge < -0.3 is 18.3 Å². The van der Waals surface area contributed by atoms with Crippen LogP contribution in [-0.2, 0) is 0 Å². The van der Waals surface area contributed by atoms with Gasteiger partial charge in [-0.05, 0) is 154 Å². The highest BCUT2D eigenvalue weighted by atomic mass is 15.0. The minimum Gasteiger partial charge on any atom is -0.309 e. The van der Waals surface area contributed by atoms with Crippen molar-refractivity contribution in [3.05, 3.63) is 315 Å². The fraction of sp³-hybridized carbons (Fsp3) is 0. The number of para-hydroxylation sites is 6. The average Bonchev–Trinajstić information content (AvgIpc) is 1.57. The van der Waals surface area contributed by atoms with Gasteiger partial charge in [0.25, 0.3) is 0 Å². The molecule has 5 heterocycles. The third-order valence-electron chi connectivity index (χ3n) is 19.7. The van der Waals surface area contributed by atoms with Crippen LogP contribution in [0.4, 0.5) is 0 Å². The molecule has 14 aromatic carbocycles. The monoisotopic (exact) mass is 1190 g/mol. The van der Waals surface area contributed by atoms with E-state index in [1.54, 1.807) is 0 Å². The van der Waals surface area contributed by atoms with Crippen LogP contribution >= 0.6 is 0 Å². The van der Waals surface area contributed by atoms with Crippen molar-refractivity contribution in [2.45, 2.75) is 0 Å². The summed E-state index contributed by atoms with van der Waals surface area (Å²) in [6.45, 7) is 0. The zero-order chi connectivity index (χ0) is 61.7. The molecule has 7 heteroatoms. The molecule has 19 aromatic rings. The summed E-state index contributed by atoms with van der Waals surface area (Å²) in [5.74, 6) is 0.587. The van der Waals surface area contributed by atoms with Gasteiger partial charge in [0.1, 0.15) is 0 Å². The molecule has 5 aromatic heterocycles. The molecule has 0 N–H and O–H groups in total. The van der Waals surface area contributed by atoms with Crippen LogP contribution in [0.3, 0.4) is 0 Å². The van der Waals surface area contributed by atoms with E-state index < -0.39 is 0 Å². The molecule has 0 unspecified atom stereocenters. The summed E-state index contributed by atoms with van der Waals surface area (Å²) in [5.41, 5.74) is 25.1. The van der Waals surface area contributed by atoms with E-state index in [0.29, 0.717) is 11.4 Å². The van der Waals surface area contributed by atoms with Crippen molar-refractivity contribution >= 4 is 98.0 Å². The number of hydrogen-bond acceptors (Lipinski definition) is 3. The SMILES string of the molecule is N#Cc1ccc(-c2nc(-c3cc(-n4c5ccccc5c5c(-c6cccc7c6c6ccccc6n7-c6ccccc6)cccc54)cc(-n4c5ccccc5c5c(-c6cccc7c6c6ccccc6n7-c6ccccc6)cccc54)c3)c3c(n2)-c2cccc4cccc-3c24)cc1. The lowest BCUT2D eigenvalue weighted by molar-refractivity contribution is 1.13. The molecule has 0 amide bonds. The van der Waals surface area contributed by atoms with Gasteiger partial charge in [-0.15, -0.1) is 0 Å². The van der Waals surface area contributed by atoms with Crippen LogP contribution in [0.1, 0.15) is 5.56 Å². The van der Waals surface area contributed by atoms with Crippen molar-refractivity contribution in [1.29, 1.82) is 5.26 Å². The van der Waals surface area contributed by atoms with E-state index >= 15 is 0 Å². The van der Waals surface area contributed by atoms with E-state index in [4.69, 9.17) is 9.97 Å². The topological polar surface area (TPSA) is 69.3 Å². The maximum absolute atomic E-state index is 9.98. The van der Waals surface area contributed by atoms with E-state index in [9.17, 15) is 5.26 Å². The highest BCUT2D eigenvalue weighted by Gasteiger charge is 2.31. The highest BCUT2D eigenvalue weighted by molar-refractivity contribution is 6.25. The van der Waals surface area contributed by atoms with Gasteiger partial charge in [0.15, 0.2) is 5.82 Å². The highest BCUT2D eigenvalue weighted by Crippen LogP contribution is 2.52. The molecule has 1 aliphatic carbocycles. The Morgan fingerprint density at radius 1 is 0.255 bits per heavy atom. The quantitative estimate of drug-likeness (QED) is 0.152. The summed E-state index contributed by atoms with van der Waals surface area (Å²) in [7, 11) is 0. The maximum Gasteiger partial charge on any atom is 0.160 e. The van der Waals surface area contributed by atoms with E-state index in [-0.39, 0.29) is 0 Å². The van der Waals surface area contributed by atoms with Crippen LogP contribution in [-0.4, -0.2) is 28.2 Å². The maximum atomic E-state index is 9.98. The van der Waals surface area contributed by atoms with Crippen LogP contribution in [0.2, 0.25) is 0 Å². The van der Waals surface area contributed by atoms with E-state index in [1.165, 1.54) is 43.4 Å². The first kappa shape index (κ1) is 51.9. The van der Waals surface area contributed by atoms with Crippen LogP contribution < -0.4 is 0 Å². The fourth-order valence-corrected chi connectivity index (χ4v) is 15.9. The first-order chi connectivity index (χ1) is 46.6. The summed E-state index contributed by atoms with van der Waals surface area (Å²) in [4.78, 5) is 11.3. The largest absolute Gasteiger partial charge is 0.309 e. The molecule has 0 radical (unpaired) electrons. The minimum atomic E-state index is 0.578. The first-order valence-corrected chi connectivity index (χ1v) is 31.9. The van der Waals surface area contributed by atoms with Crippen LogP contribution in [0.15, 0.2) is 309 Å². The van der Waals surface area contributed by atoms with Gasteiger partial charge in [-0.25, -0.2) is 9.97 Å². The summed E-state index contributed by atoms with van der Waals surface area (Å²) in [5, 5.41) is 21.8. The number of hydrogen-bond donors (Lipinski definition) is 0. The van der Waals surface area contributed by atoms with Crippen LogP contribution in [0.5, 0.6) is 0 Å². The van der Waals surface area contributed by atoms with Gasteiger partial charge in [0.2, 0.25) is 0 Å². The molecule has 20 rings (SSSR count). The third kappa shape index (κ3) is 7.42. The Labute approximate surface area is 539 Å². The molecule has 0 fully saturated rings. The number of nitrogens with zero attached hydrogens (tertiary/aromatic N) is 7. The predicted molar refractivity (Wildman–Crippen MR) is 388 cm³/mol. The van der Waals surface area contributed by atoms with Crippen LogP contribution in [0, 0.1) is 11.3 Å². The van der Waals surface area contributed by atoms with E-state index in [1.807, 2.05) is 24.3 Å². The predicted octanol–water partition coefficient (Wildman–Crippen LogP) is 22.2. The number of benzene rings is 14. The standard InChI is InChI=1S/C87H51N7/c88-52-53-45-47-55(48-46-53)87-89-85(84-69-35-15-21-54-22-16-36-70(79(54)69)86(84)90-87)56-49-59(93-73-39-13-9-29-67(73)82-63(33-19-43-77(82)93)61-31-17-41-75-80(61)65-27-7-11-37-71(65)91(75)57-23-3-1-4-24-57)51-60(50-56)94-74-40-14-10-30-68(74)83-64(34-20-44-78(83)94)62-32-18-42-76-81(62)66-28-8-12-38-72(66)92(76)58-25-5-2-6-26-58/h1-51H. The fourth-order valence-electron chi connectivity index (χ4n) is 15.9. The molecule has 0 bridgehead atoms. The van der Waals surface area contributed by atoms with Crippen molar-refractivity contribution < 1.29 is 0 Å². The smallest absolute Gasteiger partial charge is 0.160 e. The lowest BCUT2D eigenvalue weighted by Gasteiger charge is -2.18. The van der Waals surface area contributed by atoms with Crippen LogP contribution in [0.25, 0.3) is 188 Å². The summed E-state index contributed by atoms with van der Waals surface area (Å²) >= 11 is 0. The van der Waals surface area contributed by atoms with Gasteiger partial charge in [-0.1, -0.05) is 194 Å². The molecular formula is C87H51N7. The normalized spacial score (nSPS) is 12.0. The van der Waals surface area contributed by atoms with Gasteiger partial charge in [-0.3, -0.25) is 0 Å². The Morgan fingerprint density at radius 3 is 1.03 bits per heavy atom. The molecule has 1 aliphatic rings. The van der Waals surface area contributed by atoms with Crippen molar-refractivity contribution in [3.63, 3.8) is 0 Å². The molecule has 0 saturated carbocycles. The Balaban J connectivity index is 0.888. The Bertz CT molecular complexity index is 6170. The van der Waals surface area contributed by atoms with Gasteiger partial charge in [0, 0.05) is 88.1 Å². The molecule has 0 saturated heterocycles. The summed E-state index contributed by atoms with van der Waals surface area (Å²) in [6, 6.07) is 114. The number of nitriles is 1. The second-order valence-electron chi connectivity index (χ2n) is 24.6. The number of rotatable bonds is 8. The van der Waals surface area contributed by atoms with Crippen molar-refractivity contribution in [2.75, 3.05) is 0 Å². The van der Waals surface area contributed by atoms with E-state index in [2.05, 4.69) is 309 Å². The Kier molecular flexibility index (Phi) is 11.1. The molecule has 0 aliphatic heterocycles. The zero-order valence-corrected chi connectivity index (χ0v) is 50.6. The van der Waals surface area contributed by atoms with E-state index in [0.717, 1.165) is 139 Å². The molecule has 0 atom stereocenters. The lowest BCUT2D eigenvalue weighted by Crippen LogP contribution is -2.02. The molecule has 0 spiro atoms. The summed E-state index contributed by atoms with van der Waals surface area (Å²) in [6.07, 6.45) is 0. The molecule has 7 nitrogen and oxygen atoms in total. The van der Waals surface area contributed by atoms with Crippen molar-refractivity contribution in [1.82, 2.24) is 28.2 Å². The average molecular weight is 1190 g/mol. The van der Waals surface area contributed by atoms with Gasteiger partial charge in [0.05, 0.1) is 67.2 Å². The second kappa shape index (κ2) is 20.1. The molecular weight excluding hydrogens is 1140 g/mol. The first-order valence-electron chi connectivity index (χ1n) is 31.9. The van der Waals surface area contributed by atoms with Crippen molar-refractivity contribution in [2.24, 2.45) is 0 Å². The lowest BCUT2D eigenvalue weighted by atomic mass is 9.95. The Morgan fingerprint density at radius 2 is 0.606 bits per heavy atom. The molecule has 94 heavy (non-hydrogen) atoms. The number of aromatic nitrogens is 6. The Hall–Kier alpha value is -12.9. The third-order valence-corrected chi connectivity index (χ3v) is 19.7. The second-order valence-corrected chi connectivity index (χ2v) is 24.6. The number of fused-ring (bicyclic) bond motifs is 15. The van der Waals surface area contributed by atoms with Crippen molar-refractivity contribution in [3.8, 4) is 96.1 Å². The summed E-state index contributed by atoms with van der Waals surface area (Å²) < 4.78 is 9.77.